The number of phenols is 1. The first-order valence-corrected chi connectivity index (χ1v) is 14.3. The van der Waals surface area contributed by atoms with Crippen molar-refractivity contribution in [2.24, 2.45) is 17.6 Å². The van der Waals surface area contributed by atoms with E-state index < -0.39 is 58.0 Å². The van der Waals surface area contributed by atoms with Gasteiger partial charge in [-0.05, 0) is 87.1 Å². The molecule has 2 aromatic rings. The van der Waals surface area contributed by atoms with Crippen LogP contribution in [0.25, 0.3) is 16.9 Å². The van der Waals surface area contributed by atoms with E-state index in [0.29, 0.717) is 5.56 Å². The van der Waals surface area contributed by atoms with Gasteiger partial charge in [-0.25, -0.2) is 0 Å². The number of likely N-dealkylation sites (tertiary alicyclic amines) is 1. The van der Waals surface area contributed by atoms with E-state index in [2.05, 4.69) is 17.0 Å². The number of carbonyl (C=O) groups is 3. The maximum absolute atomic E-state index is 14.0. The summed E-state index contributed by atoms with van der Waals surface area (Å²) >= 11 is 0. The van der Waals surface area contributed by atoms with Gasteiger partial charge >= 0.3 is 0 Å². The molecule has 1 heterocycles. The average molecular weight is 574 g/mol. The summed E-state index contributed by atoms with van der Waals surface area (Å²) in [6, 6.07) is 10.3. The number of rotatable bonds is 5. The second-order valence-electron chi connectivity index (χ2n) is 12.1. The lowest BCUT2D eigenvalue weighted by Gasteiger charge is -2.50. The smallest absolute Gasteiger partial charge is 0.255 e. The Morgan fingerprint density at radius 3 is 2.33 bits per heavy atom. The first-order chi connectivity index (χ1) is 19.9. The number of likely N-dealkylation sites (N-methyl/N-ethyl adjacent to an activating group) is 1. The number of hydrogen-bond donors (Lipinski definition) is 5. The van der Waals surface area contributed by atoms with Crippen molar-refractivity contribution >= 4 is 23.2 Å². The van der Waals surface area contributed by atoms with E-state index in [1.165, 1.54) is 29.4 Å². The molecule has 2 fully saturated rings. The number of nitrogens with zero attached hydrogens (tertiary/aromatic N) is 2. The average Bonchev–Trinajstić information content (AvgIpc) is 3.44. The van der Waals surface area contributed by atoms with E-state index in [1.807, 2.05) is 12.1 Å². The molecule has 1 aliphatic heterocycles. The van der Waals surface area contributed by atoms with Crippen molar-refractivity contribution in [2.45, 2.75) is 43.9 Å². The first kappa shape index (κ1) is 28.1. The van der Waals surface area contributed by atoms with Crippen LogP contribution in [0.5, 0.6) is 5.75 Å². The number of Topliss-reactive ketones (excluding diaryl/α,β-unsaturated/α-hetero) is 2. The van der Waals surface area contributed by atoms with Gasteiger partial charge in [-0.3, -0.25) is 24.2 Å². The molecule has 0 bridgehead atoms. The highest BCUT2D eigenvalue weighted by Gasteiger charge is 2.64. The third-order valence-electron chi connectivity index (χ3n) is 9.47. The number of amides is 1. The maximum atomic E-state index is 14.0. The van der Waals surface area contributed by atoms with Crippen LogP contribution in [-0.2, 0) is 27.3 Å². The zero-order valence-electron chi connectivity index (χ0n) is 23.6. The Morgan fingerprint density at radius 1 is 1.05 bits per heavy atom. The Morgan fingerprint density at radius 2 is 1.71 bits per heavy atom. The lowest BCUT2D eigenvalue weighted by atomic mass is 9.57. The molecule has 6 rings (SSSR count). The standard InChI is InChI=1S/C32H35N3O7/c1-34(2)26-21-14-18-13-20-19(17-7-5-16(6-8-17)15-35-11-3-4-12-35)9-10-22(36)24(20)27(37)23(18)29(39)32(21,42)30(40)25(28(26)38)31(33)41/h5-10,18,21,26,36-37,40,42H,3-4,11-15H2,1-2H3,(H2,33,41)/t18-,21+,26?,32-/m0/s1. The zero-order valence-corrected chi connectivity index (χ0v) is 23.6. The van der Waals surface area contributed by atoms with Gasteiger partial charge in [0.25, 0.3) is 5.91 Å². The SMILES string of the molecule is CN(C)C1C(=O)C(C(N)=O)=C(O)[C@@]2(O)C(=O)C3=C(O)c4c(O)ccc(-c5ccc(CN6CCCC6)cc5)c4C[C@H]3C[C@H]12. The molecule has 3 aliphatic carbocycles. The molecule has 0 radical (unpaired) electrons. The summed E-state index contributed by atoms with van der Waals surface area (Å²) < 4.78 is 0. The molecule has 1 unspecified atom stereocenters. The van der Waals surface area contributed by atoms with Crippen LogP contribution in [0.3, 0.4) is 0 Å². The maximum Gasteiger partial charge on any atom is 0.255 e. The van der Waals surface area contributed by atoms with E-state index in [4.69, 9.17) is 5.73 Å². The normalized spacial score (nSPS) is 27.8. The first-order valence-electron chi connectivity index (χ1n) is 14.3. The molecular formula is C32H35N3O7. The van der Waals surface area contributed by atoms with Crippen LogP contribution < -0.4 is 5.73 Å². The quantitative estimate of drug-likeness (QED) is 0.337. The fourth-order valence-electron chi connectivity index (χ4n) is 7.50. The molecule has 4 aliphatic rings. The molecule has 2 aromatic carbocycles. The number of benzene rings is 2. The van der Waals surface area contributed by atoms with Gasteiger partial charge in [-0.2, -0.15) is 0 Å². The molecule has 0 aromatic heterocycles. The third-order valence-corrected chi connectivity index (χ3v) is 9.47. The van der Waals surface area contributed by atoms with E-state index in [1.54, 1.807) is 20.2 Å². The summed E-state index contributed by atoms with van der Waals surface area (Å²) in [5.41, 5.74) is 5.35. The molecule has 1 amide bonds. The lowest BCUT2D eigenvalue weighted by Crippen LogP contribution is -2.65. The molecule has 4 atom stereocenters. The van der Waals surface area contributed by atoms with Crippen LogP contribution >= 0.6 is 0 Å². The molecule has 6 N–H and O–H groups in total. The Hall–Kier alpha value is -3.99. The number of nitrogens with two attached hydrogens (primary N) is 1. The van der Waals surface area contributed by atoms with Gasteiger partial charge in [0.15, 0.2) is 11.4 Å². The summed E-state index contributed by atoms with van der Waals surface area (Å²) in [6.45, 7) is 3.06. The van der Waals surface area contributed by atoms with Gasteiger partial charge in [0, 0.05) is 18.0 Å². The number of aliphatic hydroxyl groups is 3. The highest BCUT2D eigenvalue weighted by Crippen LogP contribution is 2.53. The molecular weight excluding hydrogens is 538 g/mol. The van der Waals surface area contributed by atoms with Crippen molar-refractivity contribution < 1.29 is 34.8 Å². The monoisotopic (exact) mass is 573 g/mol. The van der Waals surface area contributed by atoms with Crippen LogP contribution in [0, 0.1) is 11.8 Å². The van der Waals surface area contributed by atoms with Crippen LogP contribution in [0.1, 0.15) is 36.0 Å². The van der Waals surface area contributed by atoms with Crippen molar-refractivity contribution in [2.75, 3.05) is 27.2 Å². The van der Waals surface area contributed by atoms with E-state index in [9.17, 15) is 34.8 Å². The van der Waals surface area contributed by atoms with Crippen LogP contribution in [-0.4, -0.2) is 86.5 Å². The van der Waals surface area contributed by atoms with Crippen molar-refractivity contribution in [1.29, 1.82) is 0 Å². The molecule has 10 heteroatoms. The van der Waals surface area contributed by atoms with E-state index in [-0.39, 0.29) is 29.7 Å². The Kier molecular flexibility index (Phi) is 6.75. The molecule has 0 spiro atoms. The summed E-state index contributed by atoms with van der Waals surface area (Å²) in [5.74, 6) is -6.59. The molecule has 10 nitrogen and oxygen atoms in total. The number of carbonyl (C=O) groups excluding carboxylic acids is 3. The number of aliphatic hydroxyl groups excluding tert-OH is 2. The molecule has 1 saturated heterocycles. The highest BCUT2D eigenvalue weighted by atomic mass is 16.3. The van der Waals surface area contributed by atoms with Crippen molar-refractivity contribution in [3.8, 4) is 16.9 Å². The predicted molar refractivity (Wildman–Crippen MR) is 154 cm³/mol. The van der Waals surface area contributed by atoms with Gasteiger partial charge in [-0.1, -0.05) is 30.3 Å². The van der Waals surface area contributed by atoms with Crippen molar-refractivity contribution in [3.63, 3.8) is 0 Å². The number of hydrogen-bond acceptors (Lipinski definition) is 9. The fraction of sp³-hybridized carbons (Fsp3) is 0.406. The second kappa shape index (κ2) is 10.1. The summed E-state index contributed by atoms with van der Waals surface area (Å²) in [5, 5.41) is 45.1. The van der Waals surface area contributed by atoms with Gasteiger partial charge < -0.3 is 26.2 Å². The summed E-state index contributed by atoms with van der Waals surface area (Å²) in [6.07, 6.45) is 2.72. The van der Waals surface area contributed by atoms with Gasteiger partial charge in [0.05, 0.1) is 11.6 Å². The summed E-state index contributed by atoms with van der Waals surface area (Å²) in [7, 11) is 3.16. The number of phenolic OH excluding ortho intramolecular Hbond substituents is 1. The number of primary amides is 1. The largest absolute Gasteiger partial charge is 0.508 e. The molecule has 220 valence electrons. The molecule has 1 saturated carbocycles. The third kappa shape index (κ3) is 4.08. The summed E-state index contributed by atoms with van der Waals surface area (Å²) in [4.78, 5) is 43.3. The molecule has 42 heavy (non-hydrogen) atoms. The van der Waals surface area contributed by atoms with E-state index >= 15 is 0 Å². The topological polar surface area (TPSA) is 165 Å². The van der Waals surface area contributed by atoms with Gasteiger partial charge in [0.1, 0.15) is 22.8 Å². The van der Waals surface area contributed by atoms with Gasteiger partial charge in [0.2, 0.25) is 5.78 Å². The van der Waals surface area contributed by atoms with Crippen LogP contribution in [0.4, 0.5) is 0 Å². The van der Waals surface area contributed by atoms with Gasteiger partial charge in [-0.15, -0.1) is 0 Å². The van der Waals surface area contributed by atoms with Crippen LogP contribution in [0.2, 0.25) is 0 Å². The van der Waals surface area contributed by atoms with Crippen LogP contribution in [0.15, 0.2) is 53.3 Å². The van der Waals surface area contributed by atoms with E-state index in [0.717, 1.165) is 30.8 Å². The number of ketones is 2. The Balaban J connectivity index is 1.45. The number of aromatic hydroxyl groups is 1. The zero-order chi connectivity index (χ0) is 30.1. The number of fused-ring (bicyclic) bond motifs is 3. The minimum atomic E-state index is -2.65. The Labute approximate surface area is 243 Å². The second-order valence-corrected chi connectivity index (χ2v) is 12.1. The minimum Gasteiger partial charge on any atom is -0.508 e. The highest BCUT2D eigenvalue weighted by molar-refractivity contribution is 6.24. The van der Waals surface area contributed by atoms with Crippen molar-refractivity contribution in [3.05, 3.63) is 70.0 Å². The van der Waals surface area contributed by atoms with Crippen molar-refractivity contribution in [1.82, 2.24) is 9.80 Å². The minimum absolute atomic E-state index is 0.0512. The fourth-order valence-corrected chi connectivity index (χ4v) is 7.50. The Bertz CT molecular complexity index is 1570. The predicted octanol–water partition coefficient (Wildman–Crippen LogP) is 2.23. The lowest BCUT2D eigenvalue weighted by molar-refractivity contribution is -0.153.